The molecule has 0 aromatic carbocycles. The van der Waals surface area contributed by atoms with E-state index in [0.29, 0.717) is 0 Å². The zero-order chi connectivity index (χ0) is 12.5. The van der Waals surface area contributed by atoms with Crippen molar-refractivity contribution >= 4 is 17.3 Å². The van der Waals surface area contributed by atoms with Crippen LogP contribution < -0.4 is 10.6 Å². The van der Waals surface area contributed by atoms with Crippen LogP contribution in [-0.4, -0.2) is 33.3 Å². The van der Waals surface area contributed by atoms with Crippen LogP contribution in [0.15, 0.2) is 17.1 Å². The van der Waals surface area contributed by atoms with E-state index in [0.717, 1.165) is 32.1 Å². The molecule has 2 N–H and O–H groups in total. The maximum atomic E-state index is 4.99. The van der Waals surface area contributed by atoms with E-state index in [-0.39, 0.29) is 0 Å². The molecule has 0 aliphatic heterocycles. The summed E-state index contributed by atoms with van der Waals surface area (Å²) in [6.45, 7) is 4.58. The van der Waals surface area contributed by atoms with Crippen LogP contribution in [-0.2, 0) is 11.3 Å². The van der Waals surface area contributed by atoms with Gasteiger partial charge in [0.05, 0.1) is 6.54 Å². The Morgan fingerprint density at radius 2 is 2.24 bits per heavy atom. The van der Waals surface area contributed by atoms with E-state index in [1.807, 2.05) is 0 Å². The molecule has 1 aromatic heterocycles. The maximum absolute atomic E-state index is 4.99. The van der Waals surface area contributed by atoms with Crippen molar-refractivity contribution in [1.82, 2.24) is 10.6 Å². The Bertz CT molecular complexity index is 349. The number of hydrogen-bond donors (Lipinski definition) is 2. The van der Waals surface area contributed by atoms with Gasteiger partial charge in [-0.05, 0) is 25.5 Å². The second kappa shape index (κ2) is 8.08. The summed E-state index contributed by atoms with van der Waals surface area (Å²) in [6, 6.07) is 4.28. The van der Waals surface area contributed by atoms with Gasteiger partial charge in [-0.1, -0.05) is 0 Å². The SMILES string of the molecule is CN=C(NCCCOC)NCc1ccc(C)s1. The number of aliphatic imine (C=N–C) groups is 1. The van der Waals surface area contributed by atoms with E-state index in [1.54, 1.807) is 25.5 Å². The highest BCUT2D eigenvalue weighted by atomic mass is 32.1. The Labute approximate surface area is 107 Å². The molecule has 96 valence electrons. The van der Waals surface area contributed by atoms with Crippen molar-refractivity contribution in [2.75, 3.05) is 27.3 Å². The average molecular weight is 255 g/mol. The summed E-state index contributed by atoms with van der Waals surface area (Å²) in [6.07, 6.45) is 0.981. The third-order valence-corrected chi connectivity index (χ3v) is 3.27. The number of aryl methyl sites for hydroxylation is 1. The molecular formula is C12H21N3OS. The summed E-state index contributed by atoms with van der Waals surface area (Å²) in [5.41, 5.74) is 0. The lowest BCUT2D eigenvalue weighted by Gasteiger charge is -2.10. The van der Waals surface area contributed by atoms with E-state index >= 15 is 0 Å². The molecule has 0 saturated heterocycles. The number of rotatable bonds is 6. The van der Waals surface area contributed by atoms with Gasteiger partial charge in [0.15, 0.2) is 5.96 Å². The summed E-state index contributed by atoms with van der Waals surface area (Å²) in [5, 5.41) is 6.53. The van der Waals surface area contributed by atoms with E-state index in [2.05, 4.69) is 34.7 Å². The van der Waals surface area contributed by atoms with Crippen LogP contribution in [0.4, 0.5) is 0 Å². The first-order chi connectivity index (χ1) is 8.26. The van der Waals surface area contributed by atoms with Crippen LogP contribution in [0.25, 0.3) is 0 Å². The minimum absolute atomic E-state index is 0.772. The summed E-state index contributed by atoms with van der Waals surface area (Å²) >= 11 is 1.81. The molecule has 0 spiro atoms. The molecule has 0 radical (unpaired) electrons. The lowest BCUT2D eigenvalue weighted by Crippen LogP contribution is -2.37. The zero-order valence-corrected chi connectivity index (χ0v) is 11.6. The second-order valence-electron chi connectivity index (χ2n) is 3.71. The van der Waals surface area contributed by atoms with Gasteiger partial charge in [0, 0.05) is 37.1 Å². The standard InChI is InChI=1S/C12H21N3OS/c1-10-5-6-11(17-10)9-15-12(13-2)14-7-4-8-16-3/h5-6H,4,7-9H2,1-3H3,(H2,13,14,15). The monoisotopic (exact) mass is 255 g/mol. The fourth-order valence-corrected chi connectivity index (χ4v) is 2.22. The number of guanidine groups is 1. The van der Waals surface area contributed by atoms with Gasteiger partial charge in [0.2, 0.25) is 0 Å². The number of methoxy groups -OCH3 is 1. The molecule has 0 unspecified atom stereocenters. The van der Waals surface area contributed by atoms with E-state index < -0.39 is 0 Å². The Hall–Kier alpha value is -1.07. The largest absolute Gasteiger partial charge is 0.385 e. The van der Waals surface area contributed by atoms with E-state index in [9.17, 15) is 0 Å². The van der Waals surface area contributed by atoms with Crippen LogP contribution >= 0.6 is 11.3 Å². The third-order valence-electron chi connectivity index (χ3n) is 2.27. The molecule has 1 rings (SSSR count). The van der Waals surface area contributed by atoms with Crippen LogP contribution in [0.5, 0.6) is 0 Å². The molecular weight excluding hydrogens is 234 g/mol. The van der Waals surface area contributed by atoms with Crippen molar-refractivity contribution in [3.63, 3.8) is 0 Å². The van der Waals surface area contributed by atoms with Crippen molar-refractivity contribution in [2.45, 2.75) is 19.9 Å². The lowest BCUT2D eigenvalue weighted by molar-refractivity contribution is 0.195. The average Bonchev–Trinajstić information content (AvgIpc) is 2.74. The maximum Gasteiger partial charge on any atom is 0.191 e. The van der Waals surface area contributed by atoms with Crippen molar-refractivity contribution in [3.8, 4) is 0 Å². The minimum atomic E-state index is 0.772. The third kappa shape index (κ3) is 5.70. The lowest BCUT2D eigenvalue weighted by atomic mass is 10.4. The minimum Gasteiger partial charge on any atom is -0.385 e. The molecule has 0 aliphatic carbocycles. The van der Waals surface area contributed by atoms with Crippen molar-refractivity contribution < 1.29 is 4.74 Å². The predicted octanol–water partition coefficient (Wildman–Crippen LogP) is 1.76. The van der Waals surface area contributed by atoms with Gasteiger partial charge in [-0.3, -0.25) is 4.99 Å². The van der Waals surface area contributed by atoms with Crippen LogP contribution in [0.1, 0.15) is 16.2 Å². The zero-order valence-electron chi connectivity index (χ0n) is 10.7. The van der Waals surface area contributed by atoms with Crippen LogP contribution in [0.2, 0.25) is 0 Å². The molecule has 5 heteroatoms. The highest BCUT2D eigenvalue weighted by molar-refractivity contribution is 7.11. The molecule has 0 amide bonds. The van der Waals surface area contributed by atoms with E-state index in [4.69, 9.17) is 4.74 Å². The fraction of sp³-hybridized carbons (Fsp3) is 0.583. The first kappa shape index (κ1) is 14.0. The van der Waals surface area contributed by atoms with Crippen molar-refractivity contribution in [1.29, 1.82) is 0 Å². The molecule has 0 aliphatic rings. The number of hydrogen-bond acceptors (Lipinski definition) is 3. The summed E-state index contributed by atoms with van der Waals surface area (Å²) < 4.78 is 4.99. The molecule has 0 fully saturated rings. The van der Waals surface area contributed by atoms with Gasteiger partial charge in [0.1, 0.15) is 0 Å². The first-order valence-corrected chi connectivity index (χ1v) is 6.56. The predicted molar refractivity (Wildman–Crippen MR) is 73.8 cm³/mol. The molecule has 1 aromatic rings. The first-order valence-electron chi connectivity index (χ1n) is 5.75. The highest BCUT2D eigenvalue weighted by Gasteiger charge is 1.99. The van der Waals surface area contributed by atoms with Gasteiger partial charge in [-0.2, -0.15) is 0 Å². The van der Waals surface area contributed by atoms with Gasteiger partial charge in [-0.15, -0.1) is 11.3 Å². The molecule has 0 bridgehead atoms. The van der Waals surface area contributed by atoms with Crippen LogP contribution in [0.3, 0.4) is 0 Å². The Morgan fingerprint density at radius 1 is 1.41 bits per heavy atom. The fourth-order valence-electron chi connectivity index (χ4n) is 1.39. The quantitative estimate of drug-likeness (QED) is 0.462. The molecule has 17 heavy (non-hydrogen) atoms. The smallest absolute Gasteiger partial charge is 0.191 e. The molecule has 0 atom stereocenters. The molecule has 4 nitrogen and oxygen atoms in total. The number of ether oxygens (including phenoxy) is 1. The normalized spacial score (nSPS) is 11.6. The highest BCUT2D eigenvalue weighted by Crippen LogP contribution is 2.14. The van der Waals surface area contributed by atoms with E-state index in [1.165, 1.54) is 9.75 Å². The van der Waals surface area contributed by atoms with Gasteiger partial charge >= 0.3 is 0 Å². The van der Waals surface area contributed by atoms with Crippen molar-refractivity contribution in [3.05, 3.63) is 21.9 Å². The summed E-state index contributed by atoms with van der Waals surface area (Å²) in [5.74, 6) is 0.840. The Kier molecular flexibility index (Phi) is 6.65. The number of thiophene rings is 1. The van der Waals surface area contributed by atoms with Gasteiger partial charge in [-0.25, -0.2) is 0 Å². The number of nitrogens with one attached hydrogen (secondary N) is 2. The Morgan fingerprint density at radius 3 is 2.82 bits per heavy atom. The Balaban J connectivity index is 2.23. The molecule has 1 heterocycles. The van der Waals surface area contributed by atoms with Crippen LogP contribution in [0, 0.1) is 6.92 Å². The number of nitrogens with zero attached hydrogens (tertiary/aromatic N) is 1. The van der Waals surface area contributed by atoms with Gasteiger partial charge < -0.3 is 15.4 Å². The second-order valence-corrected chi connectivity index (χ2v) is 5.08. The summed E-state index contributed by atoms with van der Waals surface area (Å²) in [4.78, 5) is 6.83. The van der Waals surface area contributed by atoms with Crippen molar-refractivity contribution in [2.24, 2.45) is 4.99 Å². The summed E-state index contributed by atoms with van der Waals surface area (Å²) in [7, 11) is 3.50. The molecule has 0 saturated carbocycles. The van der Waals surface area contributed by atoms with Gasteiger partial charge in [0.25, 0.3) is 0 Å². The topological polar surface area (TPSA) is 45.7 Å².